The van der Waals surface area contributed by atoms with Gasteiger partial charge in [0, 0.05) is 11.3 Å². The molecule has 2 bridgehead atoms. The molecule has 1 saturated carbocycles. The second-order valence-electron chi connectivity index (χ2n) is 5.00. The molecule has 11 heavy (non-hydrogen) atoms. The molecule has 0 aliphatic heterocycles. The summed E-state index contributed by atoms with van der Waals surface area (Å²) < 4.78 is 0. The van der Waals surface area contributed by atoms with Crippen LogP contribution in [0.5, 0.6) is 0 Å². The van der Waals surface area contributed by atoms with Crippen molar-refractivity contribution in [1.82, 2.24) is 0 Å². The van der Waals surface area contributed by atoms with Crippen molar-refractivity contribution in [2.24, 2.45) is 16.7 Å². The molecule has 1 heteroatoms. The van der Waals surface area contributed by atoms with Crippen LogP contribution >= 0.6 is 0 Å². The van der Waals surface area contributed by atoms with Crippen molar-refractivity contribution in [2.45, 2.75) is 33.3 Å². The Kier molecular flexibility index (Phi) is 1.15. The maximum Gasteiger partial charge on any atom is 0.0695 e. The van der Waals surface area contributed by atoms with Crippen LogP contribution in [0, 0.1) is 16.7 Å². The normalized spacial score (nSPS) is 52.0. The molecule has 1 fully saturated rings. The van der Waals surface area contributed by atoms with E-state index in [2.05, 4.69) is 32.9 Å². The minimum Gasteiger partial charge on any atom is -0.392 e. The lowest BCUT2D eigenvalue weighted by Gasteiger charge is -2.27. The zero-order valence-corrected chi connectivity index (χ0v) is 7.46. The van der Waals surface area contributed by atoms with E-state index in [0.717, 1.165) is 6.42 Å². The lowest BCUT2D eigenvalue weighted by atomic mass is 9.77. The van der Waals surface area contributed by atoms with Crippen LogP contribution in [0.25, 0.3) is 0 Å². The van der Waals surface area contributed by atoms with Gasteiger partial charge in [-0.05, 0) is 11.8 Å². The molecule has 62 valence electrons. The van der Waals surface area contributed by atoms with E-state index in [4.69, 9.17) is 0 Å². The van der Waals surface area contributed by atoms with Crippen LogP contribution in [-0.2, 0) is 0 Å². The van der Waals surface area contributed by atoms with Gasteiger partial charge in [-0.15, -0.1) is 0 Å². The number of fused-ring (bicyclic) bond motifs is 2. The summed E-state index contributed by atoms with van der Waals surface area (Å²) in [7, 11) is 0. The zero-order valence-electron chi connectivity index (χ0n) is 7.46. The van der Waals surface area contributed by atoms with Gasteiger partial charge in [0.1, 0.15) is 0 Å². The van der Waals surface area contributed by atoms with E-state index < -0.39 is 0 Å². The van der Waals surface area contributed by atoms with E-state index in [1.807, 2.05) is 0 Å². The first kappa shape index (κ1) is 7.35. The van der Waals surface area contributed by atoms with Crippen molar-refractivity contribution in [1.29, 1.82) is 0 Å². The van der Waals surface area contributed by atoms with Crippen LogP contribution in [-0.4, -0.2) is 11.2 Å². The Labute approximate surface area is 68.1 Å². The molecule has 0 saturated heterocycles. The summed E-state index contributed by atoms with van der Waals surface area (Å²) in [6.07, 6.45) is 5.38. The fraction of sp³-hybridized carbons (Fsp3) is 0.800. The van der Waals surface area contributed by atoms with Crippen molar-refractivity contribution in [3.63, 3.8) is 0 Å². The lowest BCUT2D eigenvalue weighted by molar-refractivity contribution is 0.0832. The monoisotopic (exact) mass is 152 g/mol. The first-order chi connectivity index (χ1) is 4.96. The van der Waals surface area contributed by atoms with Gasteiger partial charge >= 0.3 is 0 Å². The second-order valence-corrected chi connectivity index (χ2v) is 5.00. The Morgan fingerprint density at radius 1 is 1.36 bits per heavy atom. The highest BCUT2D eigenvalue weighted by atomic mass is 16.3. The van der Waals surface area contributed by atoms with Crippen molar-refractivity contribution in [3.8, 4) is 0 Å². The van der Waals surface area contributed by atoms with Gasteiger partial charge in [0.15, 0.2) is 0 Å². The largest absolute Gasteiger partial charge is 0.392 e. The summed E-state index contributed by atoms with van der Waals surface area (Å²) in [5, 5.41) is 9.86. The maximum atomic E-state index is 9.86. The Morgan fingerprint density at radius 2 is 2.00 bits per heavy atom. The summed E-state index contributed by atoms with van der Waals surface area (Å²) in [6.45, 7) is 6.65. The summed E-state index contributed by atoms with van der Waals surface area (Å²) in [5.41, 5.74) is 0.386. The zero-order chi connectivity index (χ0) is 8.28. The highest BCUT2D eigenvalue weighted by Crippen LogP contribution is 2.58. The van der Waals surface area contributed by atoms with Crippen LogP contribution in [0.2, 0.25) is 0 Å². The third kappa shape index (κ3) is 0.750. The van der Waals surface area contributed by atoms with Crippen LogP contribution in [0.4, 0.5) is 0 Å². The number of rotatable bonds is 0. The standard InChI is InChI=1S/C10H16O/c1-9(2)6-10(3)5-4-7(9)8(10)11/h4-5,7-8,11H,6H2,1-3H3/t7-,8+,10-/m0/s1. The molecule has 2 aliphatic rings. The molecule has 3 atom stereocenters. The molecule has 0 aromatic carbocycles. The van der Waals surface area contributed by atoms with Crippen LogP contribution in [0.1, 0.15) is 27.2 Å². The molecule has 0 spiro atoms. The minimum absolute atomic E-state index is 0.0775. The van der Waals surface area contributed by atoms with Crippen molar-refractivity contribution >= 4 is 0 Å². The maximum absolute atomic E-state index is 9.86. The number of hydrogen-bond acceptors (Lipinski definition) is 1. The van der Waals surface area contributed by atoms with E-state index in [1.165, 1.54) is 0 Å². The van der Waals surface area contributed by atoms with E-state index in [1.54, 1.807) is 0 Å². The highest BCUT2D eigenvalue weighted by molar-refractivity contribution is 5.23. The Bertz CT molecular complexity index is 217. The van der Waals surface area contributed by atoms with Gasteiger partial charge in [0.25, 0.3) is 0 Å². The predicted octanol–water partition coefficient (Wildman–Crippen LogP) is 1.97. The molecule has 2 aliphatic carbocycles. The lowest BCUT2D eigenvalue weighted by Crippen LogP contribution is -2.23. The van der Waals surface area contributed by atoms with Crippen molar-refractivity contribution in [3.05, 3.63) is 12.2 Å². The molecule has 0 unspecified atom stereocenters. The average molecular weight is 152 g/mol. The van der Waals surface area contributed by atoms with Gasteiger partial charge in [-0.1, -0.05) is 32.9 Å². The number of aliphatic hydroxyl groups is 1. The van der Waals surface area contributed by atoms with Gasteiger partial charge in [-0.25, -0.2) is 0 Å². The molecule has 0 aromatic rings. The van der Waals surface area contributed by atoms with E-state index in [-0.39, 0.29) is 11.5 Å². The molecule has 1 N–H and O–H groups in total. The smallest absolute Gasteiger partial charge is 0.0695 e. The Hall–Kier alpha value is -0.300. The van der Waals surface area contributed by atoms with Crippen LogP contribution < -0.4 is 0 Å². The quantitative estimate of drug-likeness (QED) is 0.526. The second kappa shape index (κ2) is 1.71. The van der Waals surface area contributed by atoms with E-state index >= 15 is 0 Å². The van der Waals surface area contributed by atoms with Crippen molar-refractivity contribution in [2.75, 3.05) is 0 Å². The minimum atomic E-state index is -0.127. The molecule has 0 amide bonds. The average Bonchev–Trinajstić information content (AvgIpc) is 2.15. The van der Waals surface area contributed by atoms with Crippen molar-refractivity contribution < 1.29 is 5.11 Å². The van der Waals surface area contributed by atoms with E-state index in [0.29, 0.717) is 11.3 Å². The molecule has 0 radical (unpaired) electrons. The fourth-order valence-electron chi connectivity index (χ4n) is 2.89. The van der Waals surface area contributed by atoms with Gasteiger partial charge in [-0.3, -0.25) is 0 Å². The van der Waals surface area contributed by atoms with Crippen LogP contribution in [0.3, 0.4) is 0 Å². The Balaban J connectivity index is 2.41. The van der Waals surface area contributed by atoms with Gasteiger partial charge < -0.3 is 5.11 Å². The summed E-state index contributed by atoms with van der Waals surface area (Å²) >= 11 is 0. The van der Waals surface area contributed by atoms with Gasteiger partial charge in [0.05, 0.1) is 6.10 Å². The Morgan fingerprint density at radius 3 is 2.18 bits per heavy atom. The molecule has 1 nitrogen and oxygen atoms in total. The third-order valence-electron chi connectivity index (χ3n) is 3.44. The topological polar surface area (TPSA) is 20.2 Å². The molecular formula is C10H16O. The molecule has 0 aromatic heterocycles. The van der Waals surface area contributed by atoms with Gasteiger partial charge in [0.2, 0.25) is 0 Å². The first-order valence-corrected chi connectivity index (χ1v) is 4.33. The fourth-order valence-corrected chi connectivity index (χ4v) is 2.89. The first-order valence-electron chi connectivity index (χ1n) is 4.33. The molecular weight excluding hydrogens is 136 g/mol. The summed E-state index contributed by atoms with van der Waals surface area (Å²) in [5.74, 6) is 0.396. The summed E-state index contributed by atoms with van der Waals surface area (Å²) in [4.78, 5) is 0. The third-order valence-corrected chi connectivity index (χ3v) is 3.44. The number of aliphatic hydroxyl groups excluding tert-OH is 1. The molecule has 2 rings (SSSR count). The molecule has 0 heterocycles. The SMILES string of the molecule is CC1(C)C[C@]2(C)C=C[C@H]1[C@H]2O. The highest BCUT2D eigenvalue weighted by Gasteiger charge is 2.55. The van der Waals surface area contributed by atoms with Gasteiger partial charge in [-0.2, -0.15) is 0 Å². The van der Waals surface area contributed by atoms with E-state index in [9.17, 15) is 5.11 Å². The summed E-state index contributed by atoms with van der Waals surface area (Å²) in [6, 6.07) is 0. The number of hydrogen-bond donors (Lipinski definition) is 1. The van der Waals surface area contributed by atoms with Crippen LogP contribution in [0.15, 0.2) is 12.2 Å². The predicted molar refractivity (Wildman–Crippen MR) is 45.1 cm³/mol.